The number of rotatable bonds is 8. The van der Waals surface area contributed by atoms with Crippen LogP contribution >= 0.6 is 0 Å². The monoisotopic (exact) mass is 480 g/mol. The molecule has 0 radical (unpaired) electrons. The molecular weight excluding hydrogens is 444 g/mol. The molecule has 0 aliphatic heterocycles. The van der Waals surface area contributed by atoms with E-state index in [-0.39, 0.29) is 17.4 Å². The third kappa shape index (κ3) is 6.66. The van der Waals surface area contributed by atoms with E-state index in [2.05, 4.69) is 50.0 Å². The van der Waals surface area contributed by atoms with Gasteiger partial charge in [0.15, 0.2) is 5.78 Å². The molecule has 1 aromatic heterocycles. The van der Waals surface area contributed by atoms with Crippen LogP contribution in [0.4, 0.5) is 0 Å². The second kappa shape index (κ2) is 13.3. The van der Waals surface area contributed by atoms with E-state index in [9.17, 15) is 9.59 Å². The quantitative estimate of drug-likeness (QED) is 0.259. The van der Waals surface area contributed by atoms with E-state index in [0.717, 1.165) is 53.6 Å². The molecule has 0 spiro atoms. The average Bonchev–Trinajstić information content (AvgIpc) is 2.92. The van der Waals surface area contributed by atoms with Gasteiger partial charge >= 0.3 is 0 Å². The fourth-order valence-corrected chi connectivity index (χ4v) is 4.29. The molecule has 0 aliphatic rings. The Kier molecular flexibility index (Phi) is 9.93. The molecule has 3 aromatic carbocycles. The van der Waals surface area contributed by atoms with Crippen molar-refractivity contribution >= 4 is 5.78 Å². The molecule has 0 N–H and O–H groups in total. The van der Waals surface area contributed by atoms with Crippen molar-refractivity contribution in [3.8, 4) is 0 Å². The number of benzene rings is 3. The SMILES string of the molecule is CCCc1c(CC)ncn(C(c2ccccc2)c2ccccc2)c1=O.CCc1ccc(C(C)=O)cc1. The van der Waals surface area contributed by atoms with Crippen molar-refractivity contribution in [2.75, 3.05) is 0 Å². The van der Waals surface area contributed by atoms with Gasteiger partial charge in [-0.05, 0) is 42.9 Å². The molecule has 4 nitrogen and oxygen atoms in total. The lowest BCUT2D eigenvalue weighted by Crippen LogP contribution is -2.30. The van der Waals surface area contributed by atoms with Gasteiger partial charge in [0.25, 0.3) is 5.56 Å². The van der Waals surface area contributed by atoms with E-state index in [0.29, 0.717) is 0 Å². The van der Waals surface area contributed by atoms with Crippen molar-refractivity contribution in [2.45, 2.75) is 59.4 Å². The molecule has 0 saturated carbocycles. The van der Waals surface area contributed by atoms with Crippen molar-refractivity contribution in [1.82, 2.24) is 9.55 Å². The Labute approximate surface area is 214 Å². The second-order valence-electron chi connectivity index (χ2n) is 8.82. The van der Waals surface area contributed by atoms with Gasteiger partial charge in [-0.1, -0.05) is 112 Å². The van der Waals surface area contributed by atoms with Crippen molar-refractivity contribution in [3.05, 3.63) is 135 Å². The first-order chi connectivity index (χ1) is 17.5. The van der Waals surface area contributed by atoms with Crippen molar-refractivity contribution < 1.29 is 4.79 Å². The summed E-state index contributed by atoms with van der Waals surface area (Å²) in [5.41, 5.74) is 6.09. The number of nitrogens with zero attached hydrogens (tertiary/aromatic N) is 2. The Morgan fingerprint density at radius 2 is 1.36 bits per heavy atom. The first-order valence-electron chi connectivity index (χ1n) is 12.8. The molecule has 0 saturated heterocycles. The molecule has 0 fully saturated rings. The summed E-state index contributed by atoms with van der Waals surface area (Å²) in [5, 5.41) is 0. The molecule has 36 heavy (non-hydrogen) atoms. The molecule has 1 heterocycles. The summed E-state index contributed by atoms with van der Waals surface area (Å²) < 4.78 is 1.79. The maximum atomic E-state index is 13.2. The van der Waals surface area contributed by atoms with Crippen molar-refractivity contribution in [3.63, 3.8) is 0 Å². The summed E-state index contributed by atoms with van der Waals surface area (Å²) in [6.45, 7) is 7.84. The highest BCUT2D eigenvalue weighted by Crippen LogP contribution is 2.25. The third-order valence-electron chi connectivity index (χ3n) is 6.29. The Bertz CT molecular complexity index is 1250. The lowest BCUT2D eigenvalue weighted by molar-refractivity contribution is 0.101. The highest BCUT2D eigenvalue weighted by atomic mass is 16.1. The van der Waals surface area contributed by atoms with Gasteiger partial charge in [0.2, 0.25) is 0 Å². The smallest absolute Gasteiger partial charge is 0.257 e. The number of Topliss-reactive ketones (excluding diaryl/α,β-unsaturated/α-hetero) is 1. The van der Waals surface area contributed by atoms with Crippen LogP contribution in [-0.4, -0.2) is 15.3 Å². The maximum absolute atomic E-state index is 13.2. The fourth-order valence-electron chi connectivity index (χ4n) is 4.29. The van der Waals surface area contributed by atoms with Gasteiger partial charge in [0, 0.05) is 11.1 Å². The van der Waals surface area contributed by atoms with Gasteiger partial charge in [-0.2, -0.15) is 0 Å². The molecule has 4 aromatic rings. The summed E-state index contributed by atoms with van der Waals surface area (Å²) in [6, 6.07) is 27.9. The van der Waals surface area contributed by atoms with Gasteiger partial charge in [0.1, 0.15) is 0 Å². The minimum atomic E-state index is -0.163. The minimum Gasteiger partial charge on any atom is -0.295 e. The maximum Gasteiger partial charge on any atom is 0.257 e. The molecule has 0 bridgehead atoms. The number of carbonyl (C=O) groups excluding carboxylic acids is 1. The van der Waals surface area contributed by atoms with E-state index < -0.39 is 0 Å². The Balaban J connectivity index is 0.000000275. The van der Waals surface area contributed by atoms with Crippen LogP contribution in [0.5, 0.6) is 0 Å². The standard InChI is InChI=1S/C22H24N2O.C10H12O/c1-3-11-19-20(4-2)23-16-24(22(19)25)21(17-12-7-5-8-13-17)18-14-9-6-10-15-18;1-3-9-4-6-10(7-5-9)8(2)11/h5-10,12-16,21H,3-4,11H2,1-2H3;4-7H,3H2,1-2H3. The average molecular weight is 481 g/mol. The highest BCUT2D eigenvalue weighted by Gasteiger charge is 2.20. The molecular formula is C32H36N2O2. The summed E-state index contributed by atoms with van der Waals surface area (Å²) in [7, 11) is 0. The number of ketones is 1. The summed E-state index contributed by atoms with van der Waals surface area (Å²) >= 11 is 0. The predicted molar refractivity (Wildman–Crippen MR) is 148 cm³/mol. The predicted octanol–water partition coefficient (Wildman–Crippen LogP) is 6.85. The number of carbonyl (C=O) groups is 1. The number of hydrogen-bond acceptors (Lipinski definition) is 3. The van der Waals surface area contributed by atoms with E-state index in [1.54, 1.807) is 17.8 Å². The van der Waals surface area contributed by atoms with Crippen LogP contribution in [0.1, 0.15) is 78.5 Å². The summed E-state index contributed by atoms with van der Waals surface area (Å²) in [5.74, 6) is 0.132. The van der Waals surface area contributed by atoms with Gasteiger partial charge < -0.3 is 0 Å². The Hall–Kier alpha value is -3.79. The van der Waals surface area contributed by atoms with Crippen LogP contribution < -0.4 is 5.56 Å². The van der Waals surface area contributed by atoms with Crippen LogP contribution in [0.25, 0.3) is 0 Å². The summed E-state index contributed by atoms with van der Waals surface area (Å²) in [6.07, 6.45) is 5.23. The lowest BCUT2D eigenvalue weighted by Gasteiger charge is -2.22. The summed E-state index contributed by atoms with van der Waals surface area (Å²) in [4.78, 5) is 28.7. The first-order valence-corrected chi connectivity index (χ1v) is 12.8. The van der Waals surface area contributed by atoms with Gasteiger partial charge in [-0.3, -0.25) is 14.2 Å². The normalized spacial score (nSPS) is 10.6. The van der Waals surface area contributed by atoms with Crippen LogP contribution in [0.3, 0.4) is 0 Å². The molecule has 4 heteroatoms. The number of aryl methyl sites for hydroxylation is 2. The van der Waals surface area contributed by atoms with Crippen molar-refractivity contribution in [2.24, 2.45) is 0 Å². The highest BCUT2D eigenvalue weighted by molar-refractivity contribution is 5.93. The molecule has 0 atom stereocenters. The van der Waals surface area contributed by atoms with Gasteiger partial charge in [-0.25, -0.2) is 4.98 Å². The third-order valence-corrected chi connectivity index (χ3v) is 6.29. The topological polar surface area (TPSA) is 52.0 Å². The molecule has 4 rings (SSSR count). The molecule has 0 amide bonds. The van der Waals surface area contributed by atoms with Crippen LogP contribution in [0.2, 0.25) is 0 Å². The zero-order valence-electron chi connectivity index (χ0n) is 21.8. The van der Waals surface area contributed by atoms with E-state index in [4.69, 9.17) is 0 Å². The number of aromatic nitrogens is 2. The van der Waals surface area contributed by atoms with Crippen LogP contribution in [-0.2, 0) is 19.3 Å². The van der Waals surface area contributed by atoms with Gasteiger partial charge in [-0.15, -0.1) is 0 Å². The molecule has 0 unspecified atom stereocenters. The van der Waals surface area contributed by atoms with E-state index in [1.165, 1.54) is 5.56 Å². The van der Waals surface area contributed by atoms with Crippen LogP contribution in [0.15, 0.2) is 96.1 Å². The number of hydrogen-bond donors (Lipinski definition) is 0. The first kappa shape index (κ1) is 26.8. The Morgan fingerprint density at radius 1 is 0.806 bits per heavy atom. The van der Waals surface area contributed by atoms with Gasteiger partial charge in [0.05, 0.1) is 18.1 Å². The fraction of sp³-hybridized carbons (Fsp3) is 0.281. The van der Waals surface area contributed by atoms with Crippen molar-refractivity contribution in [1.29, 1.82) is 0 Å². The Morgan fingerprint density at radius 3 is 1.81 bits per heavy atom. The minimum absolute atomic E-state index is 0.0754. The lowest BCUT2D eigenvalue weighted by atomic mass is 9.98. The van der Waals surface area contributed by atoms with E-state index >= 15 is 0 Å². The van der Waals surface area contributed by atoms with Crippen LogP contribution in [0, 0.1) is 0 Å². The van der Waals surface area contributed by atoms with E-state index in [1.807, 2.05) is 60.7 Å². The largest absolute Gasteiger partial charge is 0.295 e. The zero-order valence-corrected chi connectivity index (χ0v) is 21.8. The molecule has 186 valence electrons. The zero-order chi connectivity index (χ0) is 25.9. The molecule has 0 aliphatic carbocycles. The second-order valence-corrected chi connectivity index (χ2v) is 8.82.